The third-order valence-corrected chi connectivity index (χ3v) is 3.26. The Morgan fingerprint density at radius 2 is 1.63 bits per heavy atom. The van der Waals surface area contributed by atoms with E-state index < -0.39 is 0 Å². The maximum atomic E-state index is 5.81. The third-order valence-electron chi connectivity index (χ3n) is 3.26. The predicted octanol–water partition coefficient (Wildman–Crippen LogP) is -0.437. The quantitative estimate of drug-likeness (QED) is 0.493. The summed E-state index contributed by atoms with van der Waals surface area (Å²) in [6.07, 6.45) is 0. The summed E-state index contributed by atoms with van der Waals surface area (Å²) in [5, 5.41) is 0. The first-order chi connectivity index (χ1) is 8.86. The second kappa shape index (κ2) is 6.19. The molecule has 0 saturated carbocycles. The van der Waals surface area contributed by atoms with Gasteiger partial charge in [0.1, 0.15) is 19.4 Å². The number of rotatable bonds is 1. The zero-order valence-electron chi connectivity index (χ0n) is 10.8. The van der Waals surface area contributed by atoms with Crippen LogP contribution in [0.3, 0.4) is 0 Å². The number of likely N-dealkylation sites (N-methyl/N-ethyl adjacent to an activating group) is 1. The molecule has 1 heterocycles. The van der Waals surface area contributed by atoms with Gasteiger partial charge < -0.3 is 28.7 Å². The molecule has 1 aliphatic heterocycles. The van der Waals surface area contributed by atoms with E-state index in [1.165, 1.54) is 16.8 Å². The van der Waals surface area contributed by atoms with E-state index in [0.29, 0.717) is 0 Å². The van der Waals surface area contributed by atoms with Crippen molar-refractivity contribution in [1.82, 2.24) is 0 Å². The Hall–Kier alpha value is -1.36. The molecule has 1 aliphatic rings. The monoisotopic (exact) mass is 365 g/mol. The van der Waals surface area contributed by atoms with E-state index in [9.17, 15) is 0 Å². The van der Waals surface area contributed by atoms with Gasteiger partial charge in [-0.3, -0.25) is 0 Å². The van der Waals surface area contributed by atoms with Crippen molar-refractivity contribution in [1.29, 1.82) is 0 Å². The fraction of sp³-hybridized carbons (Fsp3) is 0.188. The molecule has 0 aromatic heterocycles. The molecule has 2 aromatic rings. The first kappa shape index (κ1) is 14.1. The molecule has 0 atom stereocenters. The van der Waals surface area contributed by atoms with Gasteiger partial charge in [-0.15, -0.1) is 0 Å². The molecule has 0 radical (unpaired) electrons. The number of halogens is 1. The Morgan fingerprint density at radius 1 is 0.947 bits per heavy atom. The van der Waals surface area contributed by atoms with Crippen molar-refractivity contribution in [3.63, 3.8) is 0 Å². The number of fused-ring (bicyclic) bond motifs is 1. The molecule has 0 unspecified atom stereocenters. The summed E-state index contributed by atoms with van der Waals surface area (Å²) < 4.78 is 8.07. The van der Waals surface area contributed by atoms with Gasteiger partial charge >= 0.3 is 0 Å². The smallest absolute Gasteiger partial charge is 0.218 e. The standard InChI is InChI=1S/C16H16NO.HI/c1-17-11-12-18-15-10-6-5-9-14(15)16(17)13-7-3-2-4-8-13;/h2-10H,11-12H2,1H3;1H/q+1;/p-1. The molecule has 19 heavy (non-hydrogen) atoms. The molecule has 0 fully saturated rings. The van der Waals surface area contributed by atoms with E-state index >= 15 is 0 Å². The SMILES string of the molecule is C[N+]1=C(c2ccccc2)c2ccccc2OCC1.[I-]. The summed E-state index contributed by atoms with van der Waals surface area (Å²) in [5.41, 5.74) is 3.64. The minimum atomic E-state index is 0. The van der Waals surface area contributed by atoms with E-state index in [1.807, 2.05) is 18.2 Å². The lowest BCUT2D eigenvalue weighted by Gasteiger charge is -2.06. The maximum absolute atomic E-state index is 5.81. The molecule has 2 aromatic carbocycles. The molecule has 0 bridgehead atoms. The lowest BCUT2D eigenvalue weighted by atomic mass is 10.0. The van der Waals surface area contributed by atoms with Crippen LogP contribution in [0.15, 0.2) is 54.6 Å². The van der Waals surface area contributed by atoms with Crippen LogP contribution in [-0.2, 0) is 0 Å². The molecular weight excluding hydrogens is 349 g/mol. The average Bonchev–Trinajstić information content (AvgIpc) is 2.58. The normalized spacial score (nSPS) is 13.9. The summed E-state index contributed by atoms with van der Waals surface area (Å²) in [5.74, 6) is 0.973. The van der Waals surface area contributed by atoms with Gasteiger partial charge in [0.25, 0.3) is 0 Å². The highest BCUT2D eigenvalue weighted by Crippen LogP contribution is 2.23. The van der Waals surface area contributed by atoms with Crippen LogP contribution in [0.1, 0.15) is 11.1 Å². The summed E-state index contributed by atoms with van der Waals surface area (Å²) in [4.78, 5) is 0. The lowest BCUT2D eigenvalue weighted by Crippen LogP contribution is -3.00. The van der Waals surface area contributed by atoms with Gasteiger partial charge in [-0.05, 0) is 24.3 Å². The molecule has 0 saturated heterocycles. The van der Waals surface area contributed by atoms with Crippen molar-refractivity contribution in [3.05, 3.63) is 65.7 Å². The number of para-hydroxylation sites is 1. The second-order valence-corrected chi connectivity index (χ2v) is 4.48. The van der Waals surface area contributed by atoms with Gasteiger partial charge in [0.15, 0.2) is 6.54 Å². The fourth-order valence-corrected chi connectivity index (χ4v) is 2.37. The topological polar surface area (TPSA) is 12.2 Å². The van der Waals surface area contributed by atoms with Crippen LogP contribution >= 0.6 is 0 Å². The van der Waals surface area contributed by atoms with Gasteiger partial charge in [-0.1, -0.05) is 30.3 Å². The van der Waals surface area contributed by atoms with Crippen molar-refractivity contribution >= 4 is 5.71 Å². The van der Waals surface area contributed by atoms with Gasteiger partial charge in [-0.25, -0.2) is 4.58 Å². The van der Waals surface area contributed by atoms with Crippen LogP contribution in [0, 0.1) is 0 Å². The minimum Gasteiger partial charge on any atom is -1.00 e. The van der Waals surface area contributed by atoms with Crippen molar-refractivity contribution in [3.8, 4) is 5.75 Å². The Labute approximate surface area is 130 Å². The van der Waals surface area contributed by atoms with E-state index in [2.05, 4.69) is 48.0 Å². The van der Waals surface area contributed by atoms with Gasteiger partial charge in [0.05, 0.1) is 5.56 Å². The summed E-state index contributed by atoms with van der Waals surface area (Å²) in [6, 6.07) is 18.7. The van der Waals surface area contributed by atoms with Crippen LogP contribution < -0.4 is 28.7 Å². The highest BCUT2D eigenvalue weighted by molar-refractivity contribution is 6.11. The number of hydrogen-bond donors (Lipinski definition) is 0. The molecular formula is C16H16INO. The predicted molar refractivity (Wildman–Crippen MR) is 72.6 cm³/mol. The van der Waals surface area contributed by atoms with E-state index in [1.54, 1.807) is 0 Å². The molecule has 98 valence electrons. The van der Waals surface area contributed by atoms with Crippen molar-refractivity contribution in [2.75, 3.05) is 20.2 Å². The van der Waals surface area contributed by atoms with Crippen LogP contribution in [0.4, 0.5) is 0 Å². The number of benzene rings is 2. The number of ether oxygens (including phenoxy) is 1. The van der Waals surface area contributed by atoms with Crippen LogP contribution in [0.2, 0.25) is 0 Å². The first-order valence-corrected chi connectivity index (χ1v) is 6.22. The molecule has 0 amide bonds. The largest absolute Gasteiger partial charge is 1.00 e. The van der Waals surface area contributed by atoms with E-state index in [4.69, 9.17) is 4.74 Å². The third kappa shape index (κ3) is 2.81. The van der Waals surface area contributed by atoms with Crippen molar-refractivity contribution in [2.45, 2.75) is 0 Å². The summed E-state index contributed by atoms with van der Waals surface area (Å²) in [7, 11) is 2.12. The van der Waals surface area contributed by atoms with Gasteiger partial charge in [0.2, 0.25) is 5.71 Å². The van der Waals surface area contributed by atoms with Crippen molar-refractivity contribution < 1.29 is 33.3 Å². The van der Waals surface area contributed by atoms with Crippen LogP contribution in [0.25, 0.3) is 0 Å². The van der Waals surface area contributed by atoms with Crippen LogP contribution in [-0.4, -0.2) is 30.5 Å². The number of nitrogens with zero attached hydrogens (tertiary/aromatic N) is 1. The molecule has 3 heteroatoms. The lowest BCUT2D eigenvalue weighted by molar-refractivity contribution is -0.496. The fourth-order valence-electron chi connectivity index (χ4n) is 2.37. The molecule has 3 rings (SSSR count). The summed E-state index contributed by atoms with van der Waals surface area (Å²) >= 11 is 0. The van der Waals surface area contributed by atoms with E-state index in [0.717, 1.165) is 18.9 Å². The second-order valence-electron chi connectivity index (χ2n) is 4.48. The zero-order valence-corrected chi connectivity index (χ0v) is 13.0. The minimum absolute atomic E-state index is 0. The molecule has 2 nitrogen and oxygen atoms in total. The average molecular weight is 365 g/mol. The first-order valence-electron chi connectivity index (χ1n) is 6.22. The maximum Gasteiger partial charge on any atom is 0.218 e. The Bertz CT molecular complexity index is 593. The highest BCUT2D eigenvalue weighted by atomic mass is 127. The molecule has 0 spiro atoms. The highest BCUT2D eigenvalue weighted by Gasteiger charge is 2.23. The van der Waals surface area contributed by atoms with Gasteiger partial charge in [-0.2, -0.15) is 0 Å². The molecule has 0 N–H and O–H groups in total. The number of hydrogen-bond acceptors (Lipinski definition) is 1. The van der Waals surface area contributed by atoms with E-state index in [-0.39, 0.29) is 24.0 Å². The van der Waals surface area contributed by atoms with Gasteiger partial charge in [0, 0.05) is 5.56 Å². The zero-order chi connectivity index (χ0) is 12.4. The Morgan fingerprint density at radius 3 is 2.42 bits per heavy atom. The van der Waals surface area contributed by atoms with Crippen LogP contribution in [0.5, 0.6) is 5.75 Å². The Kier molecular flexibility index (Phi) is 4.58. The molecule has 0 aliphatic carbocycles. The van der Waals surface area contributed by atoms with Crippen molar-refractivity contribution in [2.24, 2.45) is 0 Å². The Balaban J connectivity index is 0.00000133. The summed E-state index contributed by atoms with van der Waals surface area (Å²) in [6.45, 7) is 1.63.